The molecular weight excluding hydrogens is 472 g/mol. The third-order valence-corrected chi connectivity index (χ3v) is 7.06. The number of hydrogen-bond donors (Lipinski definition) is 1. The molecule has 3 aromatic rings. The molecule has 156 valence electrons. The molecule has 30 heavy (non-hydrogen) atoms. The second-order valence-electron chi connectivity index (χ2n) is 6.40. The number of halogens is 1. The Labute approximate surface area is 183 Å². The van der Waals surface area contributed by atoms with Crippen LogP contribution < -0.4 is 10.1 Å². The number of methoxy groups -OCH3 is 1. The Morgan fingerprint density at radius 1 is 1.07 bits per heavy atom. The van der Waals surface area contributed by atoms with E-state index in [2.05, 4.69) is 31.2 Å². The van der Waals surface area contributed by atoms with Gasteiger partial charge in [-0.1, -0.05) is 0 Å². The molecule has 8 nitrogen and oxygen atoms in total. The zero-order valence-electron chi connectivity index (χ0n) is 16.5. The van der Waals surface area contributed by atoms with Gasteiger partial charge >= 0.3 is 0 Å². The van der Waals surface area contributed by atoms with Crippen molar-refractivity contribution in [1.82, 2.24) is 14.3 Å². The summed E-state index contributed by atoms with van der Waals surface area (Å²) in [5.41, 5.74) is 1.63. The number of rotatable bonds is 6. The highest BCUT2D eigenvalue weighted by Crippen LogP contribution is 2.26. The van der Waals surface area contributed by atoms with Crippen molar-refractivity contribution in [2.75, 3.05) is 26.5 Å². The Balaban J connectivity index is 1.86. The molecule has 0 aliphatic rings. The van der Waals surface area contributed by atoms with Crippen LogP contribution >= 0.6 is 15.9 Å². The van der Waals surface area contributed by atoms with Gasteiger partial charge in [-0.05, 0) is 58.4 Å². The van der Waals surface area contributed by atoms with Crippen molar-refractivity contribution in [3.8, 4) is 17.0 Å². The molecule has 1 aromatic heterocycles. The Kier molecular flexibility index (Phi) is 6.49. The predicted molar refractivity (Wildman–Crippen MR) is 117 cm³/mol. The number of carbonyl (C=O) groups excluding carboxylic acids is 1. The number of sulfonamides is 1. The Morgan fingerprint density at radius 3 is 2.40 bits per heavy atom. The highest BCUT2D eigenvalue weighted by molar-refractivity contribution is 9.10. The van der Waals surface area contributed by atoms with Crippen LogP contribution in [0, 0.1) is 0 Å². The summed E-state index contributed by atoms with van der Waals surface area (Å²) in [6.07, 6.45) is 1.35. The number of amides is 1. The van der Waals surface area contributed by atoms with E-state index in [1.54, 1.807) is 13.2 Å². The van der Waals surface area contributed by atoms with E-state index in [0.29, 0.717) is 16.0 Å². The lowest BCUT2D eigenvalue weighted by atomic mass is 10.1. The van der Waals surface area contributed by atoms with Crippen LogP contribution in [-0.4, -0.2) is 49.8 Å². The van der Waals surface area contributed by atoms with E-state index < -0.39 is 15.9 Å². The second kappa shape index (κ2) is 8.90. The van der Waals surface area contributed by atoms with Crippen LogP contribution in [-0.2, 0) is 10.0 Å². The standard InChI is InChI=1S/C20H19BrN4O4S/c1-25(2)30(27,28)18-10-14(6-9-16(18)21)20(26)24-19-11-17(22-12-23-19)13-4-7-15(29-3)8-5-13/h4-12H,1-3H3,(H,22,23,24,26). The minimum atomic E-state index is -3.71. The zero-order chi connectivity index (χ0) is 21.9. The van der Waals surface area contributed by atoms with Crippen LogP contribution in [0.1, 0.15) is 10.4 Å². The SMILES string of the molecule is COc1ccc(-c2cc(NC(=O)c3ccc(Br)c(S(=O)(=O)N(C)C)c3)ncn2)cc1. The van der Waals surface area contributed by atoms with E-state index in [-0.39, 0.29) is 10.5 Å². The summed E-state index contributed by atoms with van der Waals surface area (Å²) >= 11 is 3.23. The molecule has 0 radical (unpaired) electrons. The predicted octanol–water partition coefficient (Wildman–Crippen LogP) is 3.42. The first-order valence-corrected chi connectivity index (χ1v) is 11.0. The number of aromatic nitrogens is 2. The average Bonchev–Trinajstić information content (AvgIpc) is 2.74. The first-order valence-electron chi connectivity index (χ1n) is 8.72. The lowest BCUT2D eigenvalue weighted by molar-refractivity contribution is 0.102. The van der Waals surface area contributed by atoms with Gasteiger partial charge in [-0.15, -0.1) is 0 Å². The molecule has 0 fully saturated rings. The quantitative estimate of drug-likeness (QED) is 0.567. The van der Waals surface area contributed by atoms with Crippen LogP contribution in [0.4, 0.5) is 5.82 Å². The van der Waals surface area contributed by atoms with Crippen molar-refractivity contribution >= 4 is 37.7 Å². The van der Waals surface area contributed by atoms with Crippen molar-refractivity contribution < 1.29 is 17.9 Å². The van der Waals surface area contributed by atoms with E-state index >= 15 is 0 Å². The van der Waals surface area contributed by atoms with Gasteiger partial charge in [-0.3, -0.25) is 4.79 Å². The van der Waals surface area contributed by atoms with Gasteiger partial charge in [0.05, 0.1) is 17.7 Å². The molecule has 2 aromatic carbocycles. The van der Waals surface area contributed by atoms with Crippen LogP contribution in [0.25, 0.3) is 11.3 Å². The Morgan fingerprint density at radius 2 is 1.77 bits per heavy atom. The van der Waals surface area contributed by atoms with Crippen molar-refractivity contribution in [1.29, 1.82) is 0 Å². The highest BCUT2D eigenvalue weighted by Gasteiger charge is 2.22. The van der Waals surface area contributed by atoms with Gasteiger partial charge in [-0.2, -0.15) is 0 Å². The lowest BCUT2D eigenvalue weighted by Gasteiger charge is -2.14. The van der Waals surface area contributed by atoms with Gasteiger partial charge in [0.25, 0.3) is 5.91 Å². The molecule has 0 bridgehead atoms. The van der Waals surface area contributed by atoms with Gasteiger partial charge in [0, 0.05) is 35.8 Å². The molecule has 1 N–H and O–H groups in total. The smallest absolute Gasteiger partial charge is 0.256 e. The molecule has 0 aliphatic heterocycles. The summed E-state index contributed by atoms with van der Waals surface area (Å²) in [6.45, 7) is 0. The van der Waals surface area contributed by atoms with E-state index in [1.807, 2.05) is 24.3 Å². The van der Waals surface area contributed by atoms with E-state index in [0.717, 1.165) is 15.6 Å². The maximum Gasteiger partial charge on any atom is 0.256 e. The third kappa shape index (κ3) is 4.66. The molecule has 0 spiro atoms. The first kappa shape index (κ1) is 21.9. The molecule has 0 unspecified atom stereocenters. The number of nitrogens with one attached hydrogen (secondary N) is 1. The van der Waals surface area contributed by atoms with Gasteiger partial charge in [0.15, 0.2) is 0 Å². The maximum absolute atomic E-state index is 12.7. The Hall–Kier alpha value is -2.82. The fraction of sp³-hybridized carbons (Fsp3) is 0.150. The molecule has 0 saturated carbocycles. The second-order valence-corrected chi connectivity index (χ2v) is 9.38. The summed E-state index contributed by atoms with van der Waals surface area (Å²) in [7, 11) is 0.727. The van der Waals surface area contributed by atoms with Crippen LogP contribution in [0.15, 0.2) is 64.2 Å². The third-order valence-electron chi connectivity index (χ3n) is 4.25. The molecule has 0 atom stereocenters. The number of benzene rings is 2. The summed E-state index contributed by atoms with van der Waals surface area (Å²) < 4.78 is 31.5. The highest BCUT2D eigenvalue weighted by atomic mass is 79.9. The summed E-state index contributed by atoms with van der Waals surface area (Å²) in [4.78, 5) is 21.0. The fourth-order valence-electron chi connectivity index (χ4n) is 2.57. The maximum atomic E-state index is 12.7. The number of anilines is 1. The molecular formula is C20H19BrN4O4S. The molecule has 1 heterocycles. The van der Waals surface area contributed by atoms with Gasteiger partial charge in [-0.25, -0.2) is 22.7 Å². The van der Waals surface area contributed by atoms with Crippen LogP contribution in [0.2, 0.25) is 0 Å². The number of carbonyl (C=O) groups is 1. The number of ether oxygens (including phenoxy) is 1. The monoisotopic (exact) mass is 490 g/mol. The summed E-state index contributed by atoms with van der Waals surface area (Å²) in [5.74, 6) is 0.526. The summed E-state index contributed by atoms with van der Waals surface area (Å²) in [6, 6.07) is 13.3. The molecule has 1 amide bonds. The van der Waals surface area contributed by atoms with E-state index in [4.69, 9.17) is 4.74 Å². The topological polar surface area (TPSA) is 101 Å². The van der Waals surface area contributed by atoms with Crippen molar-refractivity contribution in [2.45, 2.75) is 4.90 Å². The van der Waals surface area contributed by atoms with Crippen LogP contribution in [0.3, 0.4) is 0 Å². The normalized spacial score (nSPS) is 11.4. The number of hydrogen-bond acceptors (Lipinski definition) is 6. The minimum Gasteiger partial charge on any atom is -0.497 e. The van der Waals surface area contributed by atoms with E-state index in [1.165, 1.54) is 38.6 Å². The van der Waals surface area contributed by atoms with Gasteiger partial charge in [0.2, 0.25) is 10.0 Å². The zero-order valence-corrected chi connectivity index (χ0v) is 18.9. The average molecular weight is 491 g/mol. The van der Waals surface area contributed by atoms with Crippen molar-refractivity contribution in [3.05, 3.63) is 64.9 Å². The molecule has 0 saturated heterocycles. The van der Waals surface area contributed by atoms with Gasteiger partial charge in [0.1, 0.15) is 17.9 Å². The minimum absolute atomic E-state index is 0.00163. The fourth-order valence-corrected chi connectivity index (χ4v) is 4.42. The molecule has 0 aliphatic carbocycles. The summed E-state index contributed by atoms with van der Waals surface area (Å²) in [5, 5.41) is 2.68. The molecule has 3 rings (SSSR count). The number of nitrogens with zero attached hydrogens (tertiary/aromatic N) is 3. The first-order chi connectivity index (χ1) is 14.2. The van der Waals surface area contributed by atoms with E-state index in [9.17, 15) is 13.2 Å². The lowest BCUT2D eigenvalue weighted by Crippen LogP contribution is -2.23. The molecule has 10 heteroatoms. The largest absolute Gasteiger partial charge is 0.497 e. The van der Waals surface area contributed by atoms with Crippen LogP contribution in [0.5, 0.6) is 5.75 Å². The Bertz CT molecular complexity index is 1180. The van der Waals surface area contributed by atoms with Crippen molar-refractivity contribution in [2.24, 2.45) is 0 Å². The van der Waals surface area contributed by atoms with Crippen molar-refractivity contribution in [3.63, 3.8) is 0 Å². The van der Waals surface area contributed by atoms with Gasteiger partial charge < -0.3 is 10.1 Å².